The number of carbonyl (C=O) groups excluding carboxylic acids is 2. The van der Waals surface area contributed by atoms with Crippen molar-refractivity contribution in [1.29, 1.82) is 0 Å². The molecular formula is C24H21FN6O3. The lowest BCUT2D eigenvalue weighted by atomic mass is 10.1. The molecule has 2 amide bonds. The molecule has 0 atom stereocenters. The number of tetrazole rings is 1. The Morgan fingerprint density at radius 1 is 1.06 bits per heavy atom. The first-order valence-electron chi connectivity index (χ1n) is 10.4. The molecule has 0 spiro atoms. The van der Waals surface area contributed by atoms with Gasteiger partial charge in [0, 0.05) is 30.3 Å². The minimum absolute atomic E-state index is 0.122. The number of benzene rings is 2. The summed E-state index contributed by atoms with van der Waals surface area (Å²) in [5.74, 6) is -0.551. The van der Waals surface area contributed by atoms with Crippen LogP contribution in [0, 0.1) is 12.7 Å². The zero-order valence-electron chi connectivity index (χ0n) is 18.2. The summed E-state index contributed by atoms with van der Waals surface area (Å²) in [6, 6.07) is 16.8. The number of aromatic nitrogens is 4. The number of aryl methyl sites for hydroxylation is 1. The van der Waals surface area contributed by atoms with Crippen molar-refractivity contribution in [3.8, 4) is 11.4 Å². The van der Waals surface area contributed by atoms with Gasteiger partial charge >= 0.3 is 0 Å². The SMILES string of the molecule is Cc1ccc(C(=O)NCCNC(=O)/C(=C/c2ccco2)n2nnnc2-c2ccccc2)cc1F. The molecule has 0 fully saturated rings. The molecule has 2 aromatic carbocycles. The van der Waals surface area contributed by atoms with Crippen molar-refractivity contribution in [2.24, 2.45) is 0 Å². The van der Waals surface area contributed by atoms with E-state index in [2.05, 4.69) is 26.2 Å². The molecule has 0 radical (unpaired) electrons. The summed E-state index contributed by atoms with van der Waals surface area (Å²) in [6.45, 7) is 1.88. The van der Waals surface area contributed by atoms with E-state index in [0.29, 0.717) is 17.1 Å². The third kappa shape index (κ3) is 5.23. The van der Waals surface area contributed by atoms with Crippen LogP contribution >= 0.6 is 0 Å². The fourth-order valence-electron chi connectivity index (χ4n) is 3.13. The minimum Gasteiger partial charge on any atom is -0.465 e. The van der Waals surface area contributed by atoms with Crippen LogP contribution in [0.3, 0.4) is 0 Å². The topological polar surface area (TPSA) is 115 Å². The summed E-state index contributed by atoms with van der Waals surface area (Å²) in [5.41, 5.74) is 1.51. The molecule has 0 bridgehead atoms. The molecule has 0 aliphatic rings. The van der Waals surface area contributed by atoms with Crippen LogP contribution < -0.4 is 10.6 Å². The van der Waals surface area contributed by atoms with E-state index in [1.807, 2.05) is 30.3 Å². The molecule has 4 aromatic rings. The number of halogens is 1. The number of rotatable bonds is 8. The van der Waals surface area contributed by atoms with Crippen molar-refractivity contribution in [3.63, 3.8) is 0 Å². The standard InChI is InChI=1S/C24H21FN6O3/c1-16-9-10-18(14-20(16)25)23(32)26-11-12-27-24(33)21(15-19-8-5-13-34-19)31-22(28-29-30-31)17-6-3-2-4-7-17/h2-10,13-15H,11-12H2,1H3,(H,26,32)(H,27,33)/b21-15-. The lowest BCUT2D eigenvalue weighted by Crippen LogP contribution is -2.36. The molecule has 2 heterocycles. The Morgan fingerprint density at radius 3 is 2.59 bits per heavy atom. The maximum Gasteiger partial charge on any atom is 0.270 e. The van der Waals surface area contributed by atoms with Crippen molar-refractivity contribution < 1.29 is 18.4 Å². The normalized spacial score (nSPS) is 11.3. The van der Waals surface area contributed by atoms with Crippen molar-refractivity contribution in [2.75, 3.05) is 13.1 Å². The molecule has 4 rings (SSSR count). The van der Waals surface area contributed by atoms with Gasteiger partial charge in [0.2, 0.25) is 0 Å². The summed E-state index contributed by atoms with van der Waals surface area (Å²) in [6.07, 6.45) is 3.01. The van der Waals surface area contributed by atoms with Gasteiger partial charge in [-0.3, -0.25) is 9.59 Å². The second-order valence-electron chi connectivity index (χ2n) is 7.30. The first kappa shape index (κ1) is 22.6. The summed E-state index contributed by atoms with van der Waals surface area (Å²) in [7, 11) is 0. The van der Waals surface area contributed by atoms with E-state index < -0.39 is 17.6 Å². The van der Waals surface area contributed by atoms with Crippen LogP contribution in [0.15, 0.2) is 71.3 Å². The molecule has 0 saturated carbocycles. The molecule has 2 aromatic heterocycles. The molecule has 10 heteroatoms. The first-order chi connectivity index (χ1) is 16.5. The highest BCUT2D eigenvalue weighted by Crippen LogP contribution is 2.20. The Bertz CT molecular complexity index is 1320. The van der Waals surface area contributed by atoms with Crippen molar-refractivity contribution >= 4 is 23.6 Å². The lowest BCUT2D eigenvalue weighted by molar-refractivity contribution is -0.115. The van der Waals surface area contributed by atoms with Gasteiger partial charge in [0.25, 0.3) is 11.8 Å². The molecule has 0 aliphatic carbocycles. The van der Waals surface area contributed by atoms with Gasteiger partial charge in [0.1, 0.15) is 17.3 Å². The third-order valence-corrected chi connectivity index (χ3v) is 4.91. The predicted octanol–water partition coefficient (Wildman–Crippen LogP) is 2.92. The lowest BCUT2D eigenvalue weighted by Gasteiger charge is -2.11. The van der Waals surface area contributed by atoms with Crippen LogP contribution in [0.4, 0.5) is 4.39 Å². The van der Waals surface area contributed by atoms with Crippen molar-refractivity contribution in [3.05, 3.63) is 89.6 Å². The summed E-state index contributed by atoms with van der Waals surface area (Å²) < 4.78 is 20.4. The second kappa shape index (κ2) is 10.3. The molecule has 0 saturated heterocycles. The number of amides is 2. The molecule has 0 unspecified atom stereocenters. The van der Waals surface area contributed by atoms with Crippen LogP contribution in [0.1, 0.15) is 21.7 Å². The van der Waals surface area contributed by atoms with Gasteiger partial charge in [-0.05, 0) is 47.2 Å². The van der Waals surface area contributed by atoms with Crippen LogP contribution in [-0.4, -0.2) is 45.1 Å². The zero-order valence-corrected chi connectivity index (χ0v) is 18.2. The maximum atomic E-state index is 13.7. The number of furan rings is 1. The Hall–Kier alpha value is -4.60. The molecule has 172 valence electrons. The van der Waals surface area contributed by atoms with Gasteiger partial charge in [0.05, 0.1) is 6.26 Å². The first-order valence-corrected chi connectivity index (χ1v) is 10.4. The highest BCUT2D eigenvalue weighted by molar-refractivity contribution is 6.18. The number of hydrogen-bond donors (Lipinski definition) is 2. The zero-order chi connectivity index (χ0) is 23.9. The summed E-state index contributed by atoms with van der Waals surface area (Å²) in [5, 5.41) is 17.1. The van der Waals surface area contributed by atoms with E-state index in [0.717, 1.165) is 5.56 Å². The van der Waals surface area contributed by atoms with Gasteiger partial charge in [-0.25, -0.2) is 4.39 Å². The third-order valence-electron chi connectivity index (χ3n) is 4.91. The molecule has 9 nitrogen and oxygen atoms in total. The highest BCUT2D eigenvalue weighted by atomic mass is 19.1. The average Bonchev–Trinajstić information content (AvgIpc) is 3.54. The fourth-order valence-corrected chi connectivity index (χ4v) is 3.13. The van der Waals surface area contributed by atoms with Crippen molar-refractivity contribution in [1.82, 2.24) is 30.8 Å². The number of nitrogens with zero attached hydrogens (tertiary/aromatic N) is 4. The van der Waals surface area contributed by atoms with E-state index >= 15 is 0 Å². The van der Waals surface area contributed by atoms with E-state index in [9.17, 15) is 14.0 Å². The van der Waals surface area contributed by atoms with Crippen LogP contribution in [0.5, 0.6) is 0 Å². The second-order valence-corrected chi connectivity index (χ2v) is 7.30. The molecule has 0 aliphatic heterocycles. The molecule has 2 N–H and O–H groups in total. The van der Waals surface area contributed by atoms with Gasteiger partial charge in [-0.2, -0.15) is 4.68 Å². The average molecular weight is 460 g/mol. The monoisotopic (exact) mass is 460 g/mol. The molecular weight excluding hydrogens is 439 g/mol. The van der Waals surface area contributed by atoms with Crippen molar-refractivity contribution in [2.45, 2.75) is 6.92 Å². The van der Waals surface area contributed by atoms with E-state index in [1.165, 1.54) is 29.2 Å². The van der Waals surface area contributed by atoms with E-state index in [1.54, 1.807) is 25.1 Å². The van der Waals surface area contributed by atoms with Gasteiger partial charge < -0.3 is 15.1 Å². The Morgan fingerprint density at radius 2 is 1.85 bits per heavy atom. The Labute approximate surface area is 194 Å². The fraction of sp³-hybridized carbons (Fsp3) is 0.125. The quantitative estimate of drug-likeness (QED) is 0.309. The van der Waals surface area contributed by atoms with Gasteiger partial charge in [-0.15, -0.1) is 5.10 Å². The summed E-state index contributed by atoms with van der Waals surface area (Å²) in [4.78, 5) is 25.3. The highest BCUT2D eigenvalue weighted by Gasteiger charge is 2.19. The van der Waals surface area contributed by atoms with E-state index in [-0.39, 0.29) is 24.4 Å². The Kier molecular flexibility index (Phi) is 6.87. The minimum atomic E-state index is -0.475. The largest absolute Gasteiger partial charge is 0.465 e. The van der Waals surface area contributed by atoms with Gasteiger partial charge in [-0.1, -0.05) is 36.4 Å². The van der Waals surface area contributed by atoms with Gasteiger partial charge in [0.15, 0.2) is 5.82 Å². The predicted molar refractivity (Wildman–Crippen MR) is 123 cm³/mol. The number of carbonyl (C=O) groups is 2. The number of hydrogen-bond acceptors (Lipinski definition) is 6. The number of nitrogens with one attached hydrogen (secondary N) is 2. The smallest absolute Gasteiger partial charge is 0.270 e. The summed E-state index contributed by atoms with van der Waals surface area (Å²) >= 11 is 0. The van der Waals surface area contributed by atoms with Crippen LogP contribution in [-0.2, 0) is 4.79 Å². The maximum absolute atomic E-state index is 13.7. The van der Waals surface area contributed by atoms with Crippen LogP contribution in [0.25, 0.3) is 23.2 Å². The molecule has 34 heavy (non-hydrogen) atoms. The Balaban J connectivity index is 1.46. The van der Waals surface area contributed by atoms with Crippen LogP contribution in [0.2, 0.25) is 0 Å². The van der Waals surface area contributed by atoms with E-state index in [4.69, 9.17) is 4.42 Å².